The van der Waals surface area contributed by atoms with Crippen LogP contribution in [0.5, 0.6) is 0 Å². The van der Waals surface area contributed by atoms with Gasteiger partial charge in [0.15, 0.2) is 5.78 Å². The molecule has 0 saturated carbocycles. The Hall–Kier alpha value is -4.32. The predicted octanol–water partition coefficient (Wildman–Crippen LogP) is 3.25. The predicted molar refractivity (Wildman–Crippen MR) is 124 cm³/mol. The minimum Gasteiger partial charge on any atom is -0.447 e. The van der Waals surface area contributed by atoms with Crippen LogP contribution in [0.3, 0.4) is 0 Å². The lowest BCUT2D eigenvalue weighted by Crippen LogP contribution is -2.27. The molecule has 1 saturated heterocycles. The molecule has 0 bridgehead atoms. The molecular formula is C24H23N5O4. The van der Waals surface area contributed by atoms with Crippen LogP contribution in [0, 0.1) is 11.3 Å². The lowest BCUT2D eigenvalue weighted by Gasteiger charge is -2.20. The van der Waals surface area contributed by atoms with E-state index in [9.17, 15) is 19.6 Å². The standard InChI is InChI=1S/C24H23N5O4/c1-27-19-9-5-6-10-20(19)28(2)23(27)16(15-25)21(30)11-12-22(31)26-17-7-3-4-8-18(17)29-13-14-33-24(29)32/h3-10H,11-14H2,1-2H3,(H,26,31). The van der Waals surface area contributed by atoms with E-state index in [0.717, 1.165) is 11.4 Å². The number of nitrogens with zero attached hydrogens (tertiary/aromatic N) is 4. The molecule has 0 radical (unpaired) electrons. The first-order valence-electron chi connectivity index (χ1n) is 10.5. The number of hydrogen-bond donors (Lipinski definition) is 1. The molecule has 1 fully saturated rings. The van der Waals surface area contributed by atoms with E-state index in [1.54, 1.807) is 48.2 Å². The van der Waals surface area contributed by atoms with Gasteiger partial charge in [0.05, 0.1) is 29.3 Å². The van der Waals surface area contributed by atoms with Crippen LogP contribution in [-0.4, -0.2) is 45.0 Å². The Morgan fingerprint density at radius 1 is 1.00 bits per heavy atom. The fourth-order valence-electron chi connectivity index (χ4n) is 4.05. The summed E-state index contributed by atoms with van der Waals surface area (Å²) in [5, 5.41) is 12.5. The Bertz CT molecular complexity index is 1170. The average molecular weight is 445 g/mol. The second-order valence-corrected chi connectivity index (χ2v) is 7.67. The van der Waals surface area contributed by atoms with Crippen LogP contribution in [0.15, 0.2) is 59.9 Å². The summed E-state index contributed by atoms with van der Waals surface area (Å²) in [7, 11) is 3.60. The van der Waals surface area contributed by atoms with Gasteiger partial charge in [-0.3, -0.25) is 14.5 Å². The first kappa shape index (κ1) is 21.9. The minimum absolute atomic E-state index is 0.00390. The lowest BCUT2D eigenvalue weighted by molar-refractivity contribution is -0.120. The molecule has 9 nitrogen and oxygen atoms in total. The minimum atomic E-state index is -0.469. The number of anilines is 4. The van der Waals surface area contributed by atoms with Crippen LogP contribution in [0.4, 0.5) is 27.5 Å². The van der Waals surface area contributed by atoms with Crippen LogP contribution in [-0.2, 0) is 14.3 Å². The monoisotopic (exact) mass is 445 g/mol. The van der Waals surface area contributed by atoms with Crippen molar-refractivity contribution in [3.8, 4) is 6.07 Å². The van der Waals surface area contributed by atoms with Gasteiger partial charge in [0.2, 0.25) is 5.91 Å². The molecule has 2 amide bonds. The van der Waals surface area contributed by atoms with Gasteiger partial charge in [-0.25, -0.2) is 4.79 Å². The summed E-state index contributed by atoms with van der Waals surface area (Å²) >= 11 is 0. The normalized spacial score (nSPS) is 14.6. The number of nitriles is 1. The molecule has 0 aliphatic carbocycles. The number of ether oxygens (including phenoxy) is 1. The first-order valence-corrected chi connectivity index (χ1v) is 10.5. The molecule has 2 aliphatic rings. The Morgan fingerprint density at radius 3 is 2.18 bits per heavy atom. The van der Waals surface area contributed by atoms with Crippen LogP contribution in [0.25, 0.3) is 0 Å². The number of allylic oxidation sites excluding steroid dienone is 1. The third-order valence-corrected chi connectivity index (χ3v) is 5.66. The number of benzene rings is 2. The Kier molecular flexibility index (Phi) is 6.00. The summed E-state index contributed by atoms with van der Waals surface area (Å²) in [5.41, 5.74) is 2.78. The zero-order valence-corrected chi connectivity index (χ0v) is 18.4. The van der Waals surface area contributed by atoms with Gasteiger partial charge in [-0.1, -0.05) is 24.3 Å². The van der Waals surface area contributed by atoms with Crippen molar-refractivity contribution in [2.45, 2.75) is 12.8 Å². The number of nitrogens with one attached hydrogen (secondary N) is 1. The van der Waals surface area contributed by atoms with E-state index in [0.29, 0.717) is 23.7 Å². The molecule has 0 unspecified atom stereocenters. The Morgan fingerprint density at radius 2 is 1.61 bits per heavy atom. The van der Waals surface area contributed by atoms with Gasteiger partial charge >= 0.3 is 6.09 Å². The third-order valence-electron chi connectivity index (χ3n) is 5.66. The summed E-state index contributed by atoms with van der Waals surface area (Å²) < 4.78 is 4.97. The fourth-order valence-corrected chi connectivity index (χ4v) is 4.05. The van der Waals surface area contributed by atoms with Crippen molar-refractivity contribution in [3.05, 3.63) is 59.9 Å². The zero-order valence-electron chi connectivity index (χ0n) is 18.4. The molecule has 0 aromatic heterocycles. The summed E-state index contributed by atoms with van der Waals surface area (Å²) in [4.78, 5) is 42.4. The quantitative estimate of drug-likeness (QED) is 0.537. The van der Waals surface area contributed by atoms with Gasteiger partial charge in [-0.05, 0) is 24.3 Å². The number of fused-ring (bicyclic) bond motifs is 1. The van der Waals surface area contributed by atoms with Crippen molar-refractivity contribution in [1.82, 2.24) is 0 Å². The smallest absolute Gasteiger partial charge is 0.414 e. The second kappa shape index (κ2) is 9.04. The van der Waals surface area contributed by atoms with Crippen LogP contribution >= 0.6 is 0 Å². The highest BCUT2D eigenvalue weighted by molar-refractivity contribution is 6.05. The van der Waals surface area contributed by atoms with E-state index < -0.39 is 11.9 Å². The number of cyclic esters (lactones) is 1. The number of carbonyl (C=O) groups excluding carboxylic acids is 3. The molecule has 2 heterocycles. The van der Waals surface area contributed by atoms with Crippen LogP contribution in [0.1, 0.15) is 12.8 Å². The number of Topliss-reactive ketones (excluding diaryl/α,β-unsaturated/α-hetero) is 1. The van der Waals surface area contributed by atoms with Gasteiger partial charge in [0.1, 0.15) is 24.1 Å². The number of ketones is 1. The van der Waals surface area contributed by atoms with E-state index >= 15 is 0 Å². The van der Waals surface area contributed by atoms with Crippen molar-refractivity contribution in [3.63, 3.8) is 0 Å². The number of para-hydroxylation sites is 4. The number of amides is 2. The Balaban J connectivity index is 1.45. The molecule has 1 N–H and O–H groups in total. The molecule has 0 atom stereocenters. The van der Waals surface area contributed by atoms with E-state index in [2.05, 4.69) is 5.32 Å². The SMILES string of the molecule is CN1C(=C(C#N)C(=O)CCC(=O)Nc2ccccc2N2CCOC2=O)N(C)c2ccccc21. The van der Waals surface area contributed by atoms with Gasteiger partial charge in [-0.15, -0.1) is 0 Å². The van der Waals surface area contributed by atoms with Crippen molar-refractivity contribution in [1.29, 1.82) is 5.26 Å². The van der Waals surface area contributed by atoms with Gasteiger partial charge < -0.3 is 19.9 Å². The molecular weight excluding hydrogens is 422 g/mol. The number of carbonyl (C=O) groups is 3. The van der Waals surface area contributed by atoms with Crippen LogP contribution in [0.2, 0.25) is 0 Å². The van der Waals surface area contributed by atoms with Gasteiger partial charge in [-0.2, -0.15) is 5.26 Å². The third kappa shape index (κ3) is 4.11. The molecule has 2 aliphatic heterocycles. The van der Waals surface area contributed by atoms with E-state index in [-0.39, 0.29) is 30.9 Å². The maximum Gasteiger partial charge on any atom is 0.414 e. The first-order chi connectivity index (χ1) is 15.9. The fraction of sp³-hybridized carbons (Fsp3) is 0.250. The van der Waals surface area contributed by atoms with Crippen molar-refractivity contribution >= 4 is 40.5 Å². The van der Waals surface area contributed by atoms with E-state index in [1.807, 2.05) is 30.3 Å². The highest BCUT2D eigenvalue weighted by Gasteiger charge is 2.31. The topological polar surface area (TPSA) is 106 Å². The number of rotatable bonds is 6. The second-order valence-electron chi connectivity index (χ2n) is 7.67. The molecule has 2 aromatic carbocycles. The maximum atomic E-state index is 12.9. The summed E-state index contributed by atoms with van der Waals surface area (Å²) in [5.74, 6) is -0.311. The number of hydrogen-bond acceptors (Lipinski definition) is 7. The van der Waals surface area contributed by atoms with Crippen molar-refractivity contribution < 1.29 is 19.1 Å². The van der Waals surface area contributed by atoms with E-state index in [1.165, 1.54) is 4.90 Å². The van der Waals surface area contributed by atoms with E-state index in [4.69, 9.17) is 4.74 Å². The molecule has 4 rings (SSSR count). The van der Waals surface area contributed by atoms with Crippen molar-refractivity contribution in [2.75, 3.05) is 47.3 Å². The molecule has 9 heteroatoms. The highest BCUT2D eigenvalue weighted by atomic mass is 16.6. The van der Waals surface area contributed by atoms with Crippen LogP contribution < -0.4 is 20.0 Å². The zero-order chi connectivity index (χ0) is 23.5. The molecule has 2 aromatic rings. The largest absolute Gasteiger partial charge is 0.447 e. The van der Waals surface area contributed by atoms with Crippen molar-refractivity contribution in [2.24, 2.45) is 0 Å². The lowest BCUT2D eigenvalue weighted by atomic mass is 10.1. The highest BCUT2D eigenvalue weighted by Crippen LogP contribution is 2.40. The average Bonchev–Trinajstić information content (AvgIpc) is 3.35. The van der Waals surface area contributed by atoms with Gasteiger partial charge in [0, 0.05) is 26.9 Å². The molecule has 0 spiro atoms. The Labute approximate surface area is 191 Å². The maximum absolute atomic E-state index is 12.9. The van der Waals surface area contributed by atoms with Gasteiger partial charge in [0.25, 0.3) is 0 Å². The molecule has 33 heavy (non-hydrogen) atoms. The summed E-state index contributed by atoms with van der Waals surface area (Å²) in [6.07, 6.45) is -0.691. The molecule has 168 valence electrons. The summed E-state index contributed by atoms with van der Waals surface area (Å²) in [6.45, 7) is 0.681. The summed E-state index contributed by atoms with van der Waals surface area (Å²) in [6, 6.07) is 16.5.